The fraction of sp³-hybridized carbons (Fsp3) is 0.895. The Bertz CT molecular complexity index is 219. The summed E-state index contributed by atoms with van der Waals surface area (Å²) in [4.78, 5) is 0. The first-order valence-corrected chi connectivity index (χ1v) is 10.4. The SMILES string of the molecule is CCCCOCOCCC=CCCCCCCCCCCBr. The molecule has 0 bridgehead atoms. The molecule has 3 heteroatoms. The Balaban J connectivity index is 3.02. The van der Waals surface area contributed by atoms with Gasteiger partial charge in [0.15, 0.2) is 0 Å². The molecule has 0 heterocycles. The number of halogens is 1. The molecule has 0 saturated heterocycles. The zero-order chi connectivity index (χ0) is 16.1. The molecule has 0 aromatic heterocycles. The molecule has 0 spiro atoms. The minimum atomic E-state index is 0.448. The van der Waals surface area contributed by atoms with Crippen LogP contribution in [-0.4, -0.2) is 25.3 Å². The number of hydrogen-bond donors (Lipinski definition) is 0. The zero-order valence-electron chi connectivity index (χ0n) is 14.7. The van der Waals surface area contributed by atoms with E-state index in [0.717, 1.165) is 31.4 Å². The van der Waals surface area contributed by atoms with Crippen LogP contribution in [0.25, 0.3) is 0 Å². The molecular weight excluding hydrogens is 340 g/mol. The van der Waals surface area contributed by atoms with Crippen LogP contribution in [0.15, 0.2) is 12.2 Å². The Morgan fingerprint density at radius 1 is 0.682 bits per heavy atom. The van der Waals surface area contributed by atoms with Crippen LogP contribution >= 0.6 is 15.9 Å². The molecular formula is C19H37BrO2. The quantitative estimate of drug-likeness (QED) is 0.116. The molecule has 0 rings (SSSR count). The number of rotatable bonds is 18. The third-order valence-corrected chi connectivity index (χ3v) is 4.22. The second-order valence-corrected chi connectivity index (χ2v) is 6.65. The van der Waals surface area contributed by atoms with E-state index in [1.165, 1.54) is 64.2 Å². The molecule has 2 nitrogen and oxygen atoms in total. The summed E-state index contributed by atoms with van der Waals surface area (Å²) in [5.74, 6) is 0. The monoisotopic (exact) mass is 376 g/mol. The predicted octanol–water partition coefficient (Wildman–Crippen LogP) is 6.63. The zero-order valence-corrected chi connectivity index (χ0v) is 16.2. The van der Waals surface area contributed by atoms with Crippen molar-refractivity contribution < 1.29 is 9.47 Å². The van der Waals surface area contributed by atoms with Gasteiger partial charge in [0.2, 0.25) is 0 Å². The van der Waals surface area contributed by atoms with Crippen LogP contribution in [0.5, 0.6) is 0 Å². The van der Waals surface area contributed by atoms with Gasteiger partial charge < -0.3 is 9.47 Å². The second-order valence-electron chi connectivity index (χ2n) is 5.85. The van der Waals surface area contributed by atoms with Crippen molar-refractivity contribution >= 4 is 15.9 Å². The van der Waals surface area contributed by atoms with E-state index in [0.29, 0.717) is 6.79 Å². The van der Waals surface area contributed by atoms with E-state index in [1.807, 2.05) is 0 Å². The Morgan fingerprint density at radius 3 is 1.95 bits per heavy atom. The lowest BCUT2D eigenvalue weighted by atomic mass is 10.1. The summed E-state index contributed by atoms with van der Waals surface area (Å²) in [6, 6.07) is 0. The third-order valence-electron chi connectivity index (χ3n) is 3.66. The maximum Gasteiger partial charge on any atom is 0.146 e. The van der Waals surface area contributed by atoms with Gasteiger partial charge in [-0.15, -0.1) is 0 Å². The van der Waals surface area contributed by atoms with Gasteiger partial charge in [0.25, 0.3) is 0 Å². The van der Waals surface area contributed by atoms with Crippen molar-refractivity contribution in [2.75, 3.05) is 25.3 Å². The highest BCUT2D eigenvalue weighted by molar-refractivity contribution is 9.09. The van der Waals surface area contributed by atoms with E-state index in [4.69, 9.17) is 9.47 Å². The van der Waals surface area contributed by atoms with Gasteiger partial charge in [-0.3, -0.25) is 0 Å². The van der Waals surface area contributed by atoms with E-state index in [2.05, 4.69) is 35.0 Å². The molecule has 0 aliphatic rings. The normalized spacial score (nSPS) is 11.5. The molecule has 0 fully saturated rings. The van der Waals surface area contributed by atoms with E-state index < -0.39 is 0 Å². The molecule has 22 heavy (non-hydrogen) atoms. The minimum Gasteiger partial charge on any atom is -0.355 e. The van der Waals surface area contributed by atoms with Gasteiger partial charge >= 0.3 is 0 Å². The van der Waals surface area contributed by atoms with E-state index in [1.54, 1.807) is 0 Å². The molecule has 0 aromatic rings. The average molecular weight is 377 g/mol. The van der Waals surface area contributed by atoms with Crippen molar-refractivity contribution in [3.05, 3.63) is 12.2 Å². The summed E-state index contributed by atoms with van der Waals surface area (Å²) < 4.78 is 10.7. The minimum absolute atomic E-state index is 0.448. The summed E-state index contributed by atoms with van der Waals surface area (Å²) in [6.45, 7) is 4.21. The summed E-state index contributed by atoms with van der Waals surface area (Å²) in [5.41, 5.74) is 0. The molecule has 0 amide bonds. The fourth-order valence-corrected chi connectivity index (χ4v) is 2.62. The van der Waals surface area contributed by atoms with E-state index in [-0.39, 0.29) is 0 Å². The second kappa shape index (κ2) is 21.1. The van der Waals surface area contributed by atoms with Crippen LogP contribution in [0.2, 0.25) is 0 Å². The average Bonchev–Trinajstić information content (AvgIpc) is 2.54. The van der Waals surface area contributed by atoms with Gasteiger partial charge in [-0.25, -0.2) is 0 Å². The van der Waals surface area contributed by atoms with Crippen molar-refractivity contribution in [2.24, 2.45) is 0 Å². The standard InChI is InChI=1S/C19H37BrO2/c1-2-3-17-21-19-22-18-15-13-11-9-7-5-4-6-8-10-12-14-16-20/h11,13H,2-10,12,14-19H2,1H3. The maximum absolute atomic E-state index is 5.40. The lowest BCUT2D eigenvalue weighted by Crippen LogP contribution is -2.02. The molecule has 0 unspecified atom stereocenters. The van der Waals surface area contributed by atoms with Crippen molar-refractivity contribution in [2.45, 2.75) is 84.0 Å². The number of ether oxygens (including phenoxy) is 2. The Labute approximate surface area is 147 Å². The number of unbranched alkanes of at least 4 members (excludes halogenated alkanes) is 9. The van der Waals surface area contributed by atoms with E-state index in [9.17, 15) is 0 Å². The topological polar surface area (TPSA) is 18.5 Å². The highest BCUT2D eigenvalue weighted by atomic mass is 79.9. The van der Waals surface area contributed by atoms with Gasteiger partial charge in [0, 0.05) is 11.9 Å². The van der Waals surface area contributed by atoms with Crippen LogP contribution in [0.1, 0.15) is 84.0 Å². The maximum atomic E-state index is 5.40. The highest BCUT2D eigenvalue weighted by Crippen LogP contribution is 2.10. The molecule has 0 aromatic carbocycles. The Hall–Kier alpha value is 0.140. The van der Waals surface area contributed by atoms with Crippen LogP contribution < -0.4 is 0 Å². The van der Waals surface area contributed by atoms with Crippen LogP contribution in [0, 0.1) is 0 Å². The summed E-state index contributed by atoms with van der Waals surface area (Å²) >= 11 is 3.48. The molecule has 132 valence electrons. The number of hydrogen-bond acceptors (Lipinski definition) is 2. The van der Waals surface area contributed by atoms with Gasteiger partial charge in [-0.05, 0) is 32.1 Å². The predicted molar refractivity (Wildman–Crippen MR) is 101 cm³/mol. The summed E-state index contributed by atoms with van der Waals surface area (Å²) in [6.07, 6.45) is 20.2. The number of alkyl halides is 1. The first-order valence-electron chi connectivity index (χ1n) is 9.28. The van der Waals surface area contributed by atoms with Crippen LogP contribution in [-0.2, 0) is 9.47 Å². The Kier molecular flexibility index (Phi) is 21.3. The van der Waals surface area contributed by atoms with E-state index >= 15 is 0 Å². The molecule has 0 radical (unpaired) electrons. The molecule has 0 aliphatic heterocycles. The molecule has 0 aliphatic carbocycles. The first kappa shape index (κ1) is 22.1. The van der Waals surface area contributed by atoms with Crippen LogP contribution in [0.4, 0.5) is 0 Å². The summed E-state index contributed by atoms with van der Waals surface area (Å²) in [5, 5.41) is 1.16. The highest BCUT2D eigenvalue weighted by Gasteiger charge is 1.91. The molecule has 0 N–H and O–H groups in total. The lowest BCUT2D eigenvalue weighted by molar-refractivity contribution is -0.0528. The van der Waals surface area contributed by atoms with Gasteiger partial charge in [0.1, 0.15) is 6.79 Å². The van der Waals surface area contributed by atoms with Crippen molar-refractivity contribution in [3.8, 4) is 0 Å². The smallest absolute Gasteiger partial charge is 0.146 e. The van der Waals surface area contributed by atoms with Gasteiger partial charge in [-0.2, -0.15) is 0 Å². The van der Waals surface area contributed by atoms with Gasteiger partial charge in [0.05, 0.1) is 6.61 Å². The lowest BCUT2D eigenvalue weighted by Gasteiger charge is -2.03. The van der Waals surface area contributed by atoms with Crippen molar-refractivity contribution in [3.63, 3.8) is 0 Å². The fourth-order valence-electron chi connectivity index (χ4n) is 2.23. The third kappa shape index (κ3) is 20.1. The molecule has 0 saturated carbocycles. The molecule has 0 atom stereocenters. The number of allylic oxidation sites excluding steroid dienone is 1. The van der Waals surface area contributed by atoms with Crippen LogP contribution in [0.3, 0.4) is 0 Å². The van der Waals surface area contributed by atoms with Crippen molar-refractivity contribution in [1.82, 2.24) is 0 Å². The van der Waals surface area contributed by atoms with Gasteiger partial charge in [-0.1, -0.05) is 80.0 Å². The van der Waals surface area contributed by atoms with Crippen molar-refractivity contribution in [1.29, 1.82) is 0 Å². The summed E-state index contributed by atoms with van der Waals surface area (Å²) in [7, 11) is 0. The largest absolute Gasteiger partial charge is 0.355 e. The first-order chi connectivity index (χ1) is 10.9. The Morgan fingerprint density at radius 2 is 1.27 bits per heavy atom.